The lowest BCUT2D eigenvalue weighted by atomic mass is 10.2. The Kier molecular flexibility index (Phi) is 3.79. The molecule has 0 heterocycles. The van der Waals surface area contributed by atoms with E-state index in [-0.39, 0.29) is 17.0 Å². The maximum atomic E-state index is 11.1. The van der Waals surface area contributed by atoms with Crippen molar-refractivity contribution < 1.29 is 14.6 Å². The second-order valence-electron chi connectivity index (χ2n) is 3.87. The summed E-state index contributed by atoms with van der Waals surface area (Å²) in [6, 6.07) is 13.8. The van der Waals surface area contributed by atoms with Crippen molar-refractivity contribution in [2.24, 2.45) is 0 Å². The second-order valence-corrected chi connectivity index (χ2v) is 3.87. The molecule has 0 aliphatic heterocycles. The average molecular weight is 253 g/mol. The van der Waals surface area contributed by atoms with E-state index in [0.29, 0.717) is 6.61 Å². The Hall–Kier alpha value is -2.80. The number of carboxylic acid groups (broad SMARTS) is 1. The van der Waals surface area contributed by atoms with Gasteiger partial charge in [-0.1, -0.05) is 36.4 Å². The molecule has 1 N–H and O–H groups in total. The molecule has 2 aromatic carbocycles. The maximum absolute atomic E-state index is 11.1. The van der Waals surface area contributed by atoms with Gasteiger partial charge in [-0.15, -0.1) is 0 Å². The Morgan fingerprint density at radius 1 is 1.21 bits per heavy atom. The first-order valence-electron chi connectivity index (χ1n) is 5.62. The van der Waals surface area contributed by atoms with Crippen molar-refractivity contribution >= 4 is 11.7 Å². The van der Waals surface area contributed by atoms with Crippen molar-refractivity contribution in [1.82, 2.24) is 0 Å². The minimum atomic E-state index is -1.10. The number of carboxylic acids is 1. The van der Waals surface area contributed by atoms with Crippen LogP contribution in [0.5, 0.6) is 5.75 Å². The van der Waals surface area contributed by atoms with Gasteiger partial charge in [0.25, 0.3) is 0 Å². The molecule has 0 radical (unpaired) electrons. The van der Waals surface area contributed by atoms with Crippen molar-refractivity contribution in [3.8, 4) is 5.75 Å². The summed E-state index contributed by atoms with van der Waals surface area (Å²) in [4.78, 5) is 14.3. The Bertz CT molecular complexity index is 630. The third kappa shape index (κ3) is 3.11. The number of rotatable bonds is 4. The average Bonchev–Trinajstić information content (AvgIpc) is 2.46. The Morgan fingerprint density at radius 2 is 1.95 bits per heavy atom. The number of nitrogens with zero attached hydrogens (tertiary/aromatic N) is 1. The first kappa shape index (κ1) is 12.7. The number of hydrogen-bond acceptors (Lipinski definition) is 2. The Labute approximate surface area is 110 Å². The Morgan fingerprint density at radius 3 is 2.58 bits per heavy atom. The number of ether oxygens (including phenoxy) is 1. The molecular formula is C15H11NO3. The molecule has 0 amide bonds. The van der Waals surface area contributed by atoms with Gasteiger partial charge in [0.15, 0.2) is 5.69 Å². The highest BCUT2D eigenvalue weighted by Crippen LogP contribution is 2.25. The van der Waals surface area contributed by atoms with Gasteiger partial charge in [-0.3, -0.25) is 0 Å². The molecule has 4 nitrogen and oxygen atoms in total. The first-order chi connectivity index (χ1) is 9.20. The summed E-state index contributed by atoms with van der Waals surface area (Å²) >= 11 is 0. The summed E-state index contributed by atoms with van der Waals surface area (Å²) < 4.78 is 5.50. The van der Waals surface area contributed by atoms with E-state index in [4.69, 9.17) is 16.4 Å². The van der Waals surface area contributed by atoms with Gasteiger partial charge in [0.2, 0.25) is 0 Å². The third-order valence-electron chi connectivity index (χ3n) is 2.56. The van der Waals surface area contributed by atoms with E-state index in [0.717, 1.165) is 5.56 Å². The van der Waals surface area contributed by atoms with Crippen LogP contribution >= 0.6 is 0 Å². The van der Waals surface area contributed by atoms with Crippen molar-refractivity contribution in [3.63, 3.8) is 0 Å². The van der Waals surface area contributed by atoms with Crippen molar-refractivity contribution in [2.75, 3.05) is 0 Å². The fourth-order valence-electron chi connectivity index (χ4n) is 1.62. The number of aromatic carboxylic acids is 1. The molecule has 0 atom stereocenters. The fraction of sp³-hybridized carbons (Fsp3) is 0.0667. The molecule has 19 heavy (non-hydrogen) atoms. The molecule has 0 saturated heterocycles. The van der Waals surface area contributed by atoms with Gasteiger partial charge in [-0.2, -0.15) is 0 Å². The molecule has 4 heteroatoms. The molecule has 0 saturated carbocycles. The van der Waals surface area contributed by atoms with E-state index < -0.39 is 5.97 Å². The monoisotopic (exact) mass is 253 g/mol. The molecule has 0 aromatic heterocycles. The summed E-state index contributed by atoms with van der Waals surface area (Å²) in [5, 5.41) is 9.10. The van der Waals surface area contributed by atoms with Crippen LogP contribution in [0.25, 0.3) is 4.85 Å². The quantitative estimate of drug-likeness (QED) is 0.848. The van der Waals surface area contributed by atoms with Crippen LogP contribution in [0.4, 0.5) is 5.69 Å². The SMILES string of the molecule is [C-]#[N+]c1ccc(OCc2ccccc2)c(C(=O)O)c1. The molecule has 0 fully saturated rings. The van der Waals surface area contributed by atoms with Gasteiger partial charge in [0.05, 0.1) is 12.1 Å². The van der Waals surface area contributed by atoms with Crippen LogP contribution < -0.4 is 4.74 Å². The summed E-state index contributed by atoms with van der Waals surface area (Å²) in [5.41, 5.74) is 1.24. The largest absolute Gasteiger partial charge is 0.488 e. The molecule has 94 valence electrons. The highest BCUT2D eigenvalue weighted by Gasteiger charge is 2.12. The topological polar surface area (TPSA) is 50.9 Å². The van der Waals surface area contributed by atoms with Gasteiger partial charge in [-0.05, 0) is 17.7 Å². The van der Waals surface area contributed by atoms with Crippen LogP contribution in [0.3, 0.4) is 0 Å². The van der Waals surface area contributed by atoms with Gasteiger partial charge in [0, 0.05) is 0 Å². The number of benzene rings is 2. The van der Waals surface area contributed by atoms with Crippen molar-refractivity contribution in [3.05, 3.63) is 71.1 Å². The van der Waals surface area contributed by atoms with Gasteiger partial charge < -0.3 is 9.84 Å². The van der Waals surface area contributed by atoms with Crippen LogP contribution in [0.1, 0.15) is 15.9 Å². The molecule has 0 aliphatic rings. The fourth-order valence-corrected chi connectivity index (χ4v) is 1.62. The van der Waals surface area contributed by atoms with E-state index in [1.807, 2.05) is 30.3 Å². The first-order valence-corrected chi connectivity index (χ1v) is 5.62. The van der Waals surface area contributed by atoms with Crippen molar-refractivity contribution in [2.45, 2.75) is 6.61 Å². The van der Waals surface area contributed by atoms with Crippen LogP contribution in [-0.2, 0) is 6.61 Å². The summed E-state index contributed by atoms with van der Waals surface area (Å²) in [7, 11) is 0. The van der Waals surface area contributed by atoms with Crippen LogP contribution in [0.2, 0.25) is 0 Å². The zero-order valence-electron chi connectivity index (χ0n) is 10.0. The van der Waals surface area contributed by atoms with Crippen LogP contribution in [0, 0.1) is 6.57 Å². The van der Waals surface area contributed by atoms with Crippen LogP contribution in [-0.4, -0.2) is 11.1 Å². The lowest BCUT2D eigenvalue weighted by Gasteiger charge is -2.09. The normalized spacial score (nSPS) is 9.63. The Balaban J connectivity index is 2.21. The molecule has 0 spiro atoms. The predicted molar refractivity (Wildman–Crippen MR) is 70.4 cm³/mol. The predicted octanol–water partition coefficient (Wildman–Crippen LogP) is 3.51. The van der Waals surface area contributed by atoms with Gasteiger partial charge in [-0.25, -0.2) is 9.64 Å². The molecule has 0 unspecified atom stereocenters. The van der Waals surface area contributed by atoms with E-state index in [2.05, 4.69) is 4.85 Å². The number of carbonyl (C=O) groups is 1. The summed E-state index contributed by atoms with van der Waals surface area (Å²) in [5.74, 6) is -0.836. The zero-order chi connectivity index (χ0) is 13.7. The van der Waals surface area contributed by atoms with Crippen LogP contribution in [0.15, 0.2) is 48.5 Å². The summed E-state index contributed by atoms with van der Waals surface area (Å²) in [6.07, 6.45) is 0. The zero-order valence-corrected chi connectivity index (χ0v) is 10.0. The maximum Gasteiger partial charge on any atom is 0.338 e. The lowest BCUT2D eigenvalue weighted by molar-refractivity contribution is 0.0692. The minimum Gasteiger partial charge on any atom is -0.488 e. The molecule has 2 aromatic rings. The minimum absolute atomic E-state index is 0.00410. The smallest absolute Gasteiger partial charge is 0.338 e. The van der Waals surface area contributed by atoms with E-state index in [1.54, 1.807) is 6.07 Å². The van der Waals surface area contributed by atoms with E-state index in [9.17, 15) is 4.79 Å². The molecule has 0 aliphatic carbocycles. The van der Waals surface area contributed by atoms with Crippen molar-refractivity contribution in [1.29, 1.82) is 0 Å². The van der Waals surface area contributed by atoms with Gasteiger partial charge in [0.1, 0.15) is 12.4 Å². The highest BCUT2D eigenvalue weighted by atomic mass is 16.5. The standard InChI is InChI=1S/C15H11NO3/c1-16-12-7-8-14(13(9-12)15(17)18)19-10-11-5-3-2-4-6-11/h2-9H,10H2,(H,17,18). The van der Waals surface area contributed by atoms with E-state index >= 15 is 0 Å². The third-order valence-corrected chi connectivity index (χ3v) is 2.56. The molecular weight excluding hydrogens is 242 g/mol. The highest BCUT2D eigenvalue weighted by molar-refractivity contribution is 5.92. The second kappa shape index (κ2) is 5.69. The number of hydrogen-bond donors (Lipinski definition) is 1. The van der Waals surface area contributed by atoms with Gasteiger partial charge >= 0.3 is 5.97 Å². The summed E-state index contributed by atoms with van der Waals surface area (Å²) in [6.45, 7) is 7.17. The molecule has 0 bridgehead atoms. The molecule has 2 rings (SSSR count). The lowest BCUT2D eigenvalue weighted by Crippen LogP contribution is -2.03. The van der Waals surface area contributed by atoms with E-state index in [1.165, 1.54) is 12.1 Å².